The summed E-state index contributed by atoms with van der Waals surface area (Å²) in [5.41, 5.74) is 1.51. The fraction of sp³-hybridized carbons (Fsp3) is 0.417. The fourth-order valence-corrected chi connectivity index (χ4v) is 1.41. The zero-order valence-corrected chi connectivity index (χ0v) is 8.64. The molecular weight excluding hydrogens is 179 g/mol. The monoisotopic (exact) mass is 194 g/mol. The molecule has 0 N–H and O–H groups in total. The SMILES string of the molecule is CCCC(=O)Cc1ccc(F)c(C)c1. The molecule has 0 heterocycles. The summed E-state index contributed by atoms with van der Waals surface area (Å²) >= 11 is 0. The van der Waals surface area contributed by atoms with Gasteiger partial charge in [-0.1, -0.05) is 19.1 Å². The summed E-state index contributed by atoms with van der Waals surface area (Å²) in [4.78, 5) is 11.3. The number of rotatable bonds is 4. The van der Waals surface area contributed by atoms with Crippen molar-refractivity contribution in [3.8, 4) is 0 Å². The summed E-state index contributed by atoms with van der Waals surface area (Å²) in [5, 5.41) is 0. The predicted molar refractivity (Wildman–Crippen MR) is 54.8 cm³/mol. The van der Waals surface area contributed by atoms with Crippen LogP contribution in [0, 0.1) is 12.7 Å². The van der Waals surface area contributed by atoms with E-state index in [2.05, 4.69) is 0 Å². The minimum absolute atomic E-state index is 0.211. The molecule has 0 unspecified atom stereocenters. The molecule has 0 aliphatic rings. The van der Waals surface area contributed by atoms with Crippen molar-refractivity contribution in [1.82, 2.24) is 0 Å². The molecular formula is C12H15FO. The lowest BCUT2D eigenvalue weighted by Gasteiger charge is -2.02. The average molecular weight is 194 g/mol. The minimum atomic E-state index is -0.211. The van der Waals surface area contributed by atoms with Gasteiger partial charge < -0.3 is 0 Å². The quantitative estimate of drug-likeness (QED) is 0.720. The molecule has 0 aliphatic carbocycles. The molecule has 2 heteroatoms. The van der Waals surface area contributed by atoms with E-state index in [9.17, 15) is 9.18 Å². The molecule has 1 rings (SSSR count). The number of ketones is 1. The van der Waals surface area contributed by atoms with Gasteiger partial charge in [-0.05, 0) is 30.5 Å². The molecule has 1 nitrogen and oxygen atoms in total. The molecule has 1 aromatic carbocycles. The Morgan fingerprint density at radius 2 is 2.14 bits per heavy atom. The van der Waals surface area contributed by atoms with Crippen molar-refractivity contribution in [3.63, 3.8) is 0 Å². The molecule has 0 amide bonds. The number of halogens is 1. The molecule has 1 aromatic rings. The van der Waals surface area contributed by atoms with E-state index >= 15 is 0 Å². The van der Waals surface area contributed by atoms with Gasteiger partial charge in [-0.2, -0.15) is 0 Å². The van der Waals surface area contributed by atoms with Gasteiger partial charge in [-0.15, -0.1) is 0 Å². The fourth-order valence-electron chi connectivity index (χ4n) is 1.41. The summed E-state index contributed by atoms with van der Waals surface area (Å²) in [5.74, 6) is 0.00944. The molecule has 0 fully saturated rings. The van der Waals surface area contributed by atoms with Crippen molar-refractivity contribution >= 4 is 5.78 Å². The van der Waals surface area contributed by atoms with Crippen LogP contribution < -0.4 is 0 Å². The van der Waals surface area contributed by atoms with Crippen LogP contribution in [0.25, 0.3) is 0 Å². The summed E-state index contributed by atoms with van der Waals surface area (Å²) in [6.45, 7) is 3.69. The van der Waals surface area contributed by atoms with Crippen LogP contribution in [-0.2, 0) is 11.2 Å². The van der Waals surface area contributed by atoms with Crippen molar-refractivity contribution in [1.29, 1.82) is 0 Å². The Balaban J connectivity index is 2.68. The van der Waals surface area contributed by atoms with E-state index in [4.69, 9.17) is 0 Å². The Morgan fingerprint density at radius 3 is 2.71 bits per heavy atom. The van der Waals surface area contributed by atoms with Gasteiger partial charge in [0.1, 0.15) is 11.6 Å². The highest BCUT2D eigenvalue weighted by atomic mass is 19.1. The third-order valence-electron chi connectivity index (χ3n) is 2.15. The van der Waals surface area contributed by atoms with E-state index in [0.717, 1.165) is 12.0 Å². The first-order valence-electron chi connectivity index (χ1n) is 4.90. The molecule has 0 aliphatic heterocycles. The van der Waals surface area contributed by atoms with Gasteiger partial charge in [0, 0.05) is 12.8 Å². The van der Waals surface area contributed by atoms with Crippen LogP contribution in [0.3, 0.4) is 0 Å². The highest BCUT2D eigenvalue weighted by Crippen LogP contribution is 2.10. The largest absolute Gasteiger partial charge is 0.299 e. The Bertz CT molecular complexity index is 331. The maximum Gasteiger partial charge on any atom is 0.137 e. The van der Waals surface area contributed by atoms with Crippen LogP contribution >= 0.6 is 0 Å². The van der Waals surface area contributed by atoms with Gasteiger partial charge in [0.15, 0.2) is 0 Å². The molecule has 76 valence electrons. The molecule has 0 atom stereocenters. The number of hydrogen-bond donors (Lipinski definition) is 0. The lowest BCUT2D eigenvalue weighted by atomic mass is 10.0. The first-order valence-corrected chi connectivity index (χ1v) is 4.90. The van der Waals surface area contributed by atoms with Crippen LogP contribution in [0.15, 0.2) is 18.2 Å². The number of carbonyl (C=O) groups excluding carboxylic acids is 1. The third-order valence-corrected chi connectivity index (χ3v) is 2.15. The van der Waals surface area contributed by atoms with Gasteiger partial charge in [0.25, 0.3) is 0 Å². The lowest BCUT2D eigenvalue weighted by Crippen LogP contribution is -2.02. The Hall–Kier alpha value is -1.18. The number of hydrogen-bond acceptors (Lipinski definition) is 1. The van der Waals surface area contributed by atoms with Crippen LogP contribution in [0.5, 0.6) is 0 Å². The van der Waals surface area contributed by atoms with Gasteiger partial charge in [-0.3, -0.25) is 4.79 Å². The van der Waals surface area contributed by atoms with Crippen LogP contribution in [0.2, 0.25) is 0 Å². The summed E-state index contributed by atoms with van der Waals surface area (Å²) in [6, 6.07) is 4.84. The first-order chi connectivity index (χ1) is 6.63. The van der Waals surface area contributed by atoms with E-state index in [-0.39, 0.29) is 11.6 Å². The number of Topliss-reactive ketones (excluding diaryl/α,β-unsaturated/α-hetero) is 1. The highest BCUT2D eigenvalue weighted by molar-refractivity contribution is 5.80. The van der Waals surface area contributed by atoms with E-state index in [1.807, 2.05) is 6.92 Å². The number of benzene rings is 1. The maximum absolute atomic E-state index is 12.9. The van der Waals surface area contributed by atoms with Crippen molar-refractivity contribution in [2.75, 3.05) is 0 Å². The molecule has 0 saturated carbocycles. The van der Waals surface area contributed by atoms with E-state index in [0.29, 0.717) is 18.4 Å². The topological polar surface area (TPSA) is 17.1 Å². The summed E-state index contributed by atoms with van der Waals surface area (Å²) < 4.78 is 12.9. The standard InChI is InChI=1S/C12H15FO/c1-3-4-11(14)8-10-5-6-12(13)9(2)7-10/h5-7H,3-4,8H2,1-2H3. The van der Waals surface area contributed by atoms with E-state index < -0.39 is 0 Å². The third kappa shape index (κ3) is 2.95. The zero-order chi connectivity index (χ0) is 10.6. The number of aryl methyl sites for hydroxylation is 1. The maximum atomic E-state index is 12.9. The molecule has 0 spiro atoms. The molecule has 0 saturated heterocycles. The second kappa shape index (κ2) is 4.89. The van der Waals surface area contributed by atoms with Crippen molar-refractivity contribution in [2.45, 2.75) is 33.1 Å². The second-order valence-electron chi connectivity index (χ2n) is 3.55. The van der Waals surface area contributed by atoms with E-state index in [1.54, 1.807) is 19.1 Å². The Kier molecular flexibility index (Phi) is 3.81. The first kappa shape index (κ1) is 10.9. The summed E-state index contributed by atoms with van der Waals surface area (Å²) in [6.07, 6.45) is 1.91. The van der Waals surface area contributed by atoms with E-state index in [1.165, 1.54) is 6.07 Å². The minimum Gasteiger partial charge on any atom is -0.299 e. The smallest absolute Gasteiger partial charge is 0.137 e. The number of carbonyl (C=O) groups is 1. The van der Waals surface area contributed by atoms with Crippen LogP contribution in [0.1, 0.15) is 30.9 Å². The molecule has 0 aromatic heterocycles. The van der Waals surface area contributed by atoms with Crippen molar-refractivity contribution in [2.24, 2.45) is 0 Å². The molecule has 0 bridgehead atoms. The Morgan fingerprint density at radius 1 is 1.43 bits per heavy atom. The zero-order valence-electron chi connectivity index (χ0n) is 8.64. The van der Waals surface area contributed by atoms with Gasteiger partial charge in [-0.25, -0.2) is 4.39 Å². The Labute approximate surface area is 83.9 Å². The van der Waals surface area contributed by atoms with Gasteiger partial charge in [0.05, 0.1) is 0 Å². The van der Waals surface area contributed by atoms with Gasteiger partial charge >= 0.3 is 0 Å². The predicted octanol–water partition coefficient (Wildman–Crippen LogP) is 3.05. The van der Waals surface area contributed by atoms with Gasteiger partial charge in [0.2, 0.25) is 0 Å². The summed E-state index contributed by atoms with van der Waals surface area (Å²) in [7, 11) is 0. The average Bonchev–Trinajstić information content (AvgIpc) is 2.12. The highest BCUT2D eigenvalue weighted by Gasteiger charge is 2.04. The molecule has 14 heavy (non-hydrogen) atoms. The molecule has 0 radical (unpaired) electrons. The van der Waals surface area contributed by atoms with Crippen LogP contribution in [-0.4, -0.2) is 5.78 Å². The van der Waals surface area contributed by atoms with Crippen molar-refractivity contribution < 1.29 is 9.18 Å². The normalized spacial score (nSPS) is 10.2. The van der Waals surface area contributed by atoms with Crippen LogP contribution in [0.4, 0.5) is 4.39 Å². The van der Waals surface area contributed by atoms with Crippen molar-refractivity contribution in [3.05, 3.63) is 35.1 Å². The second-order valence-corrected chi connectivity index (χ2v) is 3.55. The lowest BCUT2D eigenvalue weighted by molar-refractivity contribution is -0.118.